The van der Waals surface area contributed by atoms with E-state index in [-0.39, 0.29) is 22.9 Å². The number of nitro groups is 1. The van der Waals surface area contributed by atoms with Gasteiger partial charge in [0.2, 0.25) is 0 Å². The molecule has 20 heavy (non-hydrogen) atoms. The zero-order chi connectivity index (χ0) is 15.1. The van der Waals surface area contributed by atoms with E-state index < -0.39 is 16.8 Å². The Kier molecular flexibility index (Phi) is 5.54. The van der Waals surface area contributed by atoms with Crippen LogP contribution in [-0.4, -0.2) is 35.6 Å². The lowest BCUT2D eigenvalue weighted by molar-refractivity contribution is -0.385. The second-order valence-corrected chi connectivity index (χ2v) is 3.90. The number of rotatable bonds is 4. The molecule has 0 spiro atoms. The predicted molar refractivity (Wildman–Crippen MR) is 73.2 cm³/mol. The first-order valence-corrected chi connectivity index (χ1v) is 5.76. The van der Waals surface area contributed by atoms with Crippen molar-refractivity contribution in [1.82, 2.24) is 10.6 Å². The molecule has 2 N–H and O–H groups in total. The number of hydrogen-bond acceptors (Lipinski definition) is 6. The highest BCUT2D eigenvalue weighted by Crippen LogP contribution is 2.17. The third-order valence-corrected chi connectivity index (χ3v) is 2.44. The molecule has 0 bridgehead atoms. The molecule has 0 fully saturated rings. The summed E-state index contributed by atoms with van der Waals surface area (Å²) in [7, 11) is 1.21. The Morgan fingerprint density at radius 3 is 2.65 bits per heavy atom. The van der Waals surface area contributed by atoms with E-state index in [9.17, 15) is 19.7 Å². The maximum Gasteiger partial charge on any atom is 0.325 e. The summed E-state index contributed by atoms with van der Waals surface area (Å²) in [6, 6.07) is 5.45. The van der Waals surface area contributed by atoms with E-state index in [4.69, 9.17) is 12.2 Å². The maximum absolute atomic E-state index is 11.8. The van der Waals surface area contributed by atoms with Crippen LogP contribution in [0, 0.1) is 10.1 Å². The van der Waals surface area contributed by atoms with Gasteiger partial charge in [0.1, 0.15) is 12.1 Å². The van der Waals surface area contributed by atoms with Crippen LogP contribution in [0.4, 0.5) is 5.69 Å². The number of amides is 1. The van der Waals surface area contributed by atoms with Crippen LogP contribution >= 0.6 is 12.2 Å². The lowest BCUT2D eigenvalue weighted by atomic mass is 10.1. The molecule has 1 rings (SSSR count). The van der Waals surface area contributed by atoms with Crippen LogP contribution in [0.2, 0.25) is 0 Å². The Hall–Kier alpha value is -2.55. The van der Waals surface area contributed by atoms with Crippen molar-refractivity contribution in [1.29, 1.82) is 0 Å². The van der Waals surface area contributed by atoms with E-state index in [0.29, 0.717) is 0 Å². The summed E-state index contributed by atoms with van der Waals surface area (Å²) >= 11 is 4.78. The summed E-state index contributed by atoms with van der Waals surface area (Å²) in [5.74, 6) is -1.30. The van der Waals surface area contributed by atoms with Gasteiger partial charge >= 0.3 is 5.97 Å². The van der Waals surface area contributed by atoms with Gasteiger partial charge in [-0.2, -0.15) is 0 Å². The highest BCUT2D eigenvalue weighted by molar-refractivity contribution is 7.80. The predicted octanol–water partition coefficient (Wildman–Crippen LogP) is 0.372. The minimum Gasteiger partial charge on any atom is -0.468 e. The van der Waals surface area contributed by atoms with E-state index >= 15 is 0 Å². The molecule has 1 aromatic rings. The van der Waals surface area contributed by atoms with Crippen molar-refractivity contribution in [3.05, 3.63) is 39.9 Å². The first-order chi connectivity index (χ1) is 9.45. The summed E-state index contributed by atoms with van der Waals surface area (Å²) in [5, 5.41) is 15.3. The van der Waals surface area contributed by atoms with Gasteiger partial charge < -0.3 is 10.1 Å². The number of para-hydroxylation sites is 1. The molecule has 0 aliphatic rings. The zero-order valence-electron chi connectivity index (χ0n) is 10.4. The normalized spacial score (nSPS) is 9.45. The molecule has 0 aliphatic carbocycles. The summed E-state index contributed by atoms with van der Waals surface area (Å²) in [6.45, 7) is -0.216. The molecule has 1 amide bonds. The number of esters is 1. The number of methoxy groups -OCH3 is 1. The van der Waals surface area contributed by atoms with Crippen LogP contribution in [-0.2, 0) is 9.53 Å². The number of ether oxygens (including phenoxy) is 1. The minimum absolute atomic E-state index is 0.125. The third kappa shape index (κ3) is 4.28. The second-order valence-electron chi connectivity index (χ2n) is 3.49. The Morgan fingerprint density at radius 1 is 1.40 bits per heavy atom. The van der Waals surface area contributed by atoms with Crippen molar-refractivity contribution in [2.45, 2.75) is 0 Å². The molecule has 0 saturated heterocycles. The molecule has 0 aromatic heterocycles. The average molecular weight is 297 g/mol. The Balaban J connectivity index is 2.70. The quantitative estimate of drug-likeness (QED) is 0.357. The monoisotopic (exact) mass is 297 g/mol. The summed E-state index contributed by atoms with van der Waals surface area (Å²) in [6.07, 6.45) is 0. The summed E-state index contributed by atoms with van der Waals surface area (Å²) in [5.41, 5.74) is -0.458. The summed E-state index contributed by atoms with van der Waals surface area (Å²) in [4.78, 5) is 32.8. The topological polar surface area (TPSA) is 111 Å². The molecule has 106 valence electrons. The highest BCUT2D eigenvalue weighted by atomic mass is 32.1. The lowest BCUT2D eigenvalue weighted by Gasteiger charge is -2.08. The Labute approximate surface area is 119 Å². The van der Waals surface area contributed by atoms with Crippen LogP contribution in [0.25, 0.3) is 0 Å². The van der Waals surface area contributed by atoms with Crippen LogP contribution in [0.5, 0.6) is 0 Å². The zero-order valence-corrected chi connectivity index (χ0v) is 11.2. The number of benzene rings is 1. The van der Waals surface area contributed by atoms with Gasteiger partial charge in [0.25, 0.3) is 11.6 Å². The third-order valence-electron chi connectivity index (χ3n) is 2.19. The fourth-order valence-corrected chi connectivity index (χ4v) is 1.43. The molecule has 9 heteroatoms. The van der Waals surface area contributed by atoms with Gasteiger partial charge in [0.05, 0.1) is 12.0 Å². The maximum atomic E-state index is 11.8. The molecule has 1 aromatic carbocycles. The molecular formula is C11H11N3O5S. The Bertz CT molecular complexity index is 561. The van der Waals surface area contributed by atoms with Gasteiger partial charge in [-0.25, -0.2) is 0 Å². The van der Waals surface area contributed by atoms with E-state index in [0.717, 1.165) is 0 Å². The van der Waals surface area contributed by atoms with Crippen molar-refractivity contribution in [3.63, 3.8) is 0 Å². The molecule has 0 heterocycles. The fourth-order valence-electron chi connectivity index (χ4n) is 1.26. The lowest BCUT2D eigenvalue weighted by Crippen LogP contribution is -2.41. The number of thiocarbonyl (C=S) groups is 1. The van der Waals surface area contributed by atoms with E-state index in [1.807, 2.05) is 0 Å². The van der Waals surface area contributed by atoms with Crippen LogP contribution in [0.3, 0.4) is 0 Å². The number of carbonyl (C=O) groups excluding carboxylic acids is 2. The number of carbonyl (C=O) groups is 2. The highest BCUT2D eigenvalue weighted by Gasteiger charge is 2.19. The second kappa shape index (κ2) is 7.14. The number of nitro benzene ring substituents is 1. The van der Waals surface area contributed by atoms with Gasteiger partial charge in [-0.15, -0.1) is 0 Å². The van der Waals surface area contributed by atoms with E-state index in [1.165, 1.54) is 31.4 Å². The molecule has 8 nitrogen and oxygen atoms in total. The molecule has 0 aliphatic heterocycles. The smallest absolute Gasteiger partial charge is 0.325 e. The van der Waals surface area contributed by atoms with Gasteiger partial charge in [0.15, 0.2) is 5.11 Å². The average Bonchev–Trinajstić information content (AvgIpc) is 2.44. The van der Waals surface area contributed by atoms with E-state index in [2.05, 4.69) is 15.4 Å². The van der Waals surface area contributed by atoms with Crippen LogP contribution < -0.4 is 10.6 Å². The number of nitrogens with zero attached hydrogens (tertiary/aromatic N) is 1. The molecular weight excluding hydrogens is 286 g/mol. The van der Waals surface area contributed by atoms with Gasteiger partial charge in [-0.05, 0) is 18.3 Å². The van der Waals surface area contributed by atoms with Crippen molar-refractivity contribution in [2.24, 2.45) is 0 Å². The standard InChI is InChI=1S/C11H11N3O5S/c1-19-9(15)6-12-11(20)13-10(16)7-4-2-3-5-8(7)14(17)18/h2-5H,6H2,1H3,(H2,12,13,16,20). The number of hydrogen-bond donors (Lipinski definition) is 2. The summed E-state index contributed by atoms with van der Waals surface area (Å²) < 4.78 is 4.38. The van der Waals surface area contributed by atoms with Crippen molar-refractivity contribution in [2.75, 3.05) is 13.7 Å². The molecule has 0 radical (unpaired) electrons. The largest absolute Gasteiger partial charge is 0.468 e. The van der Waals surface area contributed by atoms with Crippen molar-refractivity contribution in [3.8, 4) is 0 Å². The van der Waals surface area contributed by atoms with E-state index in [1.54, 1.807) is 0 Å². The van der Waals surface area contributed by atoms with Crippen LogP contribution in [0.1, 0.15) is 10.4 Å². The first-order valence-electron chi connectivity index (χ1n) is 5.35. The van der Waals surface area contributed by atoms with Crippen molar-refractivity contribution >= 4 is 34.9 Å². The van der Waals surface area contributed by atoms with Gasteiger partial charge in [-0.1, -0.05) is 12.1 Å². The van der Waals surface area contributed by atoms with Gasteiger partial charge in [-0.3, -0.25) is 25.0 Å². The minimum atomic E-state index is -0.736. The fraction of sp³-hybridized carbons (Fsp3) is 0.182. The Morgan fingerprint density at radius 2 is 2.05 bits per heavy atom. The molecule has 0 unspecified atom stereocenters. The van der Waals surface area contributed by atoms with Crippen molar-refractivity contribution < 1.29 is 19.2 Å². The molecule has 0 atom stereocenters. The first kappa shape index (κ1) is 15.5. The number of nitrogens with one attached hydrogen (secondary N) is 2. The van der Waals surface area contributed by atoms with Crippen LogP contribution in [0.15, 0.2) is 24.3 Å². The molecule has 0 saturated carbocycles. The van der Waals surface area contributed by atoms with Gasteiger partial charge in [0, 0.05) is 6.07 Å². The SMILES string of the molecule is COC(=O)CNC(=S)NC(=O)c1ccccc1[N+](=O)[O-].